The molecule has 0 radical (unpaired) electrons. The predicted molar refractivity (Wildman–Crippen MR) is 42.6 cm³/mol. The van der Waals surface area contributed by atoms with Gasteiger partial charge in [-0.2, -0.15) is 0 Å². The summed E-state index contributed by atoms with van der Waals surface area (Å²) in [5, 5.41) is 4.07. The third kappa shape index (κ3) is 1.06. The van der Waals surface area contributed by atoms with Gasteiger partial charge in [0.1, 0.15) is 5.76 Å². The van der Waals surface area contributed by atoms with Crippen LogP contribution in [-0.2, 0) is 6.42 Å². The first kappa shape index (κ1) is 6.89. The third-order valence-corrected chi connectivity index (χ3v) is 2.34. The van der Waals surface area contributed by atoms with E-state index in [2.05, 4.69) is 19.0 Å². The summed E-state index contributed by atoms with van der Waals surface area (Å²) in [7, 11) is 0. The van der Waals surface area contributed by atoms with Crippen LogP contribution in [0.4, 0.5) is 0 Å². The molecule has 1 aliphatic rings. The molecule has 0 unspecified atom stereocenters. The van der Waals surface area contributed by atoms with E-state index in [1.165, 1.54) is 24.1 Å². The van der Waals surface area contributed by atoms with Gasteiger partial charge in [-0.15, -0.1) is 0 Å². The Morgan fingerprint density at radius 3 is 2.73 bits per heavy atom. The number of aromatic nitrogens is 1. The van der Waals surface area contributed by atoms with Crippen molar-refractivity contribution in [2.24, 2.45) is 0 Å². The Hall–Kier alpha value is -0.790. The molecule has 0 saturated heterocycles. The van der Waals surface area contributed by atoms with Crippen LogP contribution in [0.1, 0.15) is 42.7 Å². The molecule has 11 heavy (non-hydrogen) atoms. The summed E-state index contributed by atoms with van der Waals surface area (Å²) in [6.07, 6.45) is 3.57. The predicted octanol–water partition coefficient (Wildman–Crippen LogP) is 2.42. The average Bonchev–Trinajstić information content (AvgIpc) is 2.77. The molecular formula is C9H13NO. The van der Waals surface area contributed by atoms with Crippen molar-refractivity contribution in [3.63, 3.8) is 0 Å². The molecule has 1 heterocycles. The first-order chi connectivity index (χ1) is 5.33. The SMILES string of the molecule is CCc1onc(C2CC2)c1C. The highest BCUT2D eigenvalue weighted by atomic mass is 16.5. The minimum atomic E-state index is 0.721. The van der Waals surface area contributed by atoms with Crippen molar-refractivity contribution in [2.75, 3.05) is 0 Å². The molecule has 2 rings (SSSR count). The van der Waals surface area contributed by atoms with Crippen molar-refractivity contribution in [1.29, 1.82) is 0 Å². The fraction of sp³-hybridized carbons (Fsp3) is 0.667. The second-order valence-electron chi connectivity index (χ2n) is 3.24. The van der Waals surface area contributed by atoms with Crippen molar-refractivity contribution in [2.45, 2.75) is 39.0 Å². The molecule has 0 bridgehead atoms. The highest BCUT2D eigenvalue weighted by Crippen LogP contribution is 2.41. The lowest BCUT2D eigenvalue weighted by Gasteiger charge is -1.90. The van der Waals surface area contributed by atoms with E-state index in [-0.39, 0.29) is 0 Å². The van der Waals surface area contributed by atoms with Gasteiger partial charge in [-0.3, -0.25) is 0 Å². The second kappa shape index (κ2) is 2.36. The largest absolute Gasteiger partial charge is 0.361 e. The van der Waals surface area contributed by atoms with Gasteiger partial charge in [0.15, 0.2) is 0 Å². The maximum absolute atomic E-state index is 5.20. The highest BCUT2D eigenvalue weighted by Gasteiger charge is 2.29. The minimum Gasteiger partial charge on any atom is -0.361 e. The first-order valence-electron chi connectivity index (χ1n) is 4.28. The fourth-order valence-electron chi connectivity index (χ4n) is 1.45. The number of nitrogens with zero attached hydrogens (tertiary/aromatic N) is 1. The maximum Gasteiger partial charge on any atom is 0.139 e. The Labute approximate surface area is 66.6 Å². The zero-order valence-electron chi connectivity index (χ0n) is 7.05. The quantitative estimate of drug-likeness (QED) is 0.648. The Morgan fingerprint density at radius 1 is 1.55 bits per heavy atom. The van der Waals surface area contributed by atoms with Crippen LogP contribution < -0.4 is 0 Å². The van der Waals surface area contributed by atoms with Crippen molar-refractivity contribution >= 4 is 0 Å². The van der Waals surface area contributed by atoms with Gasteiger partial charge in [-0.1, -0.05) is 12.1 Å². The zero-order valence-corrected chi connectivity index (χ0v) is 7.05. The third-order valence-electron chi connectivity index (χ3n) is 2.34. The molecule has 2 heteroatoms. The van der Waals surface area contributed by atoms with Crippen molar-refractivity contribution in [3.05, 3.63) is 17.0 Å². The van der Waals surface area contributed by atoms with Gasteiger partial charge in [-0.25, -0.2) is 0 Å². The zero-order chi connectivity index (χ0) is 7.84. The van der Waals surface area contributed by atoms with Gasteiger partial charge in [0.25, 0.3) is 0 Å². The molecule has 1 aromatic heterocycles. The molecule has 0 N–H and O–H groups in total. The van der Waals surface area contributed by atoms with Crippen molar-refractivity contribution in [1.82, 2.24) is 5.16 Å². The van der Waals surface area contributed by atoms with E-state index in [0.29, 0.717) is 0 Å². The van der Waals surface area contributed by atoms with Gasteiger partial charge >= 0.3 is 0 Å². The van der Waals surface area contributed by atoms with Gasteiger partial charge in [0, 0.05) is 17.9 Å². The number of aryl methyl sites for hydroxylation is 1. The Balaban J connectivity index is 2.33. The van der Waals surface area contributed by atoms with Gasteiger partial charge in [-0.05, 0) is 19.8 Å². The van der Waals surface area contributed by atoms with E-state index in [4.69, 9.17) is 4.52 Å². The van der Waals surface area contributed by atoms with Crippen LogP contribution in [0.15, 0.2) is 4.52 Å². The normalized spacial score (nSPS) is 17.3. The molecule has 0 aliphatic heterocycles. The molecule has 60 valence electrons. The van der Waals surface area contributed by atoms with Crippen LogP contribution in [-0.4, -0.2) is 5.16 Å². The Bertz CT molecular complexity index is 261. The number of hydrogen-bond donors (Lipinski definition) is 0. The van der Waals surface area contributed by atoms with Crippen molar-refractivity contribution in [3.8, 4) is 0 Å². The molecule has 0 aromatic carbocycles. The summed E-state index contributed by atoms with van der Waals surface area (Å²) in [6.45, 7) is 4.22. The molecule has 2 nitrogen and oxygen atoms in total. The average molecular weight is 151 g/mol. The number of hydrogen-bond acceptors (Lipinski definition) is 2. The summed E-state index contributed by atoms with van der Waals surface area (Å²) in [6, 6.07) is 0. The Morgan fingerprint density at radius 2 is 2.27 bits per heavy atom. The molecule has 0 amide bonds. The molecule has 1 aromatic rings. The maximum atomic E-state index is 5.20. The summed E-state index contributed by atoms with van der Waals surface area (Å²) >= 11 is 0. The van der Waals surface area contributed by atoms with E-state index in [9.17, 15) is 0 Å². The standard InChI is InChI=1S/C9H13NO/c1-3-8-6(2)9(10-11-8)7-4-5-7/h7H,3-5H2,1-2H3. The molecule has 0 atom stereocenters. The van der Waals surface area contributed by atoms with Crippen LogP contribution in [0.2, 0.25) is 0 Å². The lowest BCUT2D eigenvalue weighted by atomic mass is 10.1. The molecule has 1 aliphatic carbocycles. The molecular weight excluding hydrogens is 138 g/mol. The molecule has 1 fully saturated rings. The van der Waals surface area contributed by atoms with E-state index in [1.54, 1.807) is 0 Å². The second-order valence-corrected chi connectivity index (χ2v) is 3.24. The van der Waals surface area contributed by atoms with Crippen LogP contribution in [0.25, 0.3) is 0 Å². The fourth-order valence-corrected chi connectivity index (χ4v) is 1.45. The molecule has 1 saturated carbocycles. The first-order valence-corrected chi connectivity index (χ1v) is 4.28. The van der Waals surface area contributed by atoms with E-state index < -0.39 is 0 Å². The summed E-state index contributed by atoms with van der Waals surface area (Å²) in [5.41, 5.74) is 2.50. The van der Waals surface area contributed by atoms with Crippen LogP contribution >= 0.6 is 0 Å². The van der Waals surface area contributed by atoms with Crippen LogP contribution in [0.3, 0.4) is 0 Å². The van der Waals surface area contributed by atoms with Gasteiger partial charge in [0.2, 0.25) is 0 Å². The lowest BCUT2D eigenvalue weighted by Crippen LogP contribution is -1.84. The van der Waals surface area contributed by atoms with Gasteiger partial charge < -0.3 is 4.52 Å². The minimum absolute atomic E-state index is 0.721. The Kier molecular flexibility index (Phi) is 1.48. The van der Waals surface area contributed by atoms with Crippen LogP contribution in [0, 0.1) is 6.92 Å². The van der Waals surface area contributed by atoms with E-state index in [0.717, 1.165) is 18.1 Å². The summed E-state index contributed by atoms with van der Waals surface area (Å²) < 4.78 is 5.20. The van der Waals surface area contributed by atoms with E-state index >= 15 is 0 Å². The smallest absolute Gasteiger partial charge is 0.139 e. The van der Waals surface area contributed by atoms with Crippen LogP contribution in [0.5, 0.6) is 0 Å². The van der Waals surface area contributed by atoms with E-state index in [1.807, 2.05) is 0 Å². The number of rotatable bonds is 2. The van der Waals surface area contributed by atoms with Crippen molar-refractivity contribution < 1.29 is 4.52 Å². The topological polar surface area (TPSA) is 26.0 Å². The van der Waals surface area contributed by atoms with Gasteiger partial charge in [0.05, 0.1) is 5.69 Å². The lowest BCUT2D eigenvalue weighted by molar-refractivity contribution is 0.380. The summed E-state index contributed by atoms with van der Waals surface area (Å²) in [5.74, 6) is 1.78. The summed E-state index contributed by atoms with van der Waals surface area (Å²) in [4.78, 5) is 0. The monoisotopic (exact) mass is 151 g/mol. The molecule has 0 spiro atoms. The highest BCUT2D eigenvalue weighted by molar-refractivity contribution is 5.27.